The van der Waals surface area contributed by atoms with Crippen LogP contribution in [0.3, 0.4) is 0 Å². The van der Waals surface area contributed by atoms with Crippen LogP contribution in [0.2, 0.25) is 0 Å². The Labute approximate surface area is 130 Å². The molecule has 0 bridgehead atoms. The number of anilines is 1. The van der Waals surface area contributed by atoms with Crippen LogP contribution in [0.25, 0.3) is 0 Å². The molecular formula is C15H23N5O2. The largest absolute Gasteiger partial charge is 0.383 e. The second-order valence-corrected chi connectivity index (χ2v) is 5.24. The van der Waals surface area contributed by atoms with Gasteiger partial charge in [0.2, 0.25) is 0 Å². The first-order valence-electron chi connectivity index (χ1n) is 7.32. The highest BCUT2D eigenvalue weighted by Gasteiger charge is 2.19. The van der Waals surface area contributed by atoms with Crippen molar-refractivity contribution in [3.8, 4) is 0 Å². The van der Waals surface area contributed by atoms with Crippen LogP contribution in [-0.4, -0.2) is 68.1 Å². The summed E-state index contributed by atoms with van der Waals surface area (Å²) in [7, 11) is 1.71. The van der Waals surface area contributed by atoms with Gasteiger partial charge >= 0.3 is 6.03 Å². The molecule has 120 valence electrons. The van der Waals surface area contributed by atoms with Gasteiger partial charge in [0.05, 0.1) is 6.61 Å². The molecule has 1 fully saturated rings. The SMILES string of the molecule is COCCN1CCN(C(=N)c2cccc(NC(N)=O)c2)CC1. The van der Waals surface area contributed by atoms with Crippen molar-refractivity contribution < 1.29 is 9.53 Å². The topological polar surface area (TPSA) is 94.7 Å². The van der Waals surface area contributed by atoms with Crippen LogP contribution in [0, 0.1) is 5.41 Å². The van der Waals surface area contributed by atoms with E-state index < -0.39 is 6.03 Å². The van der Waals surface area contributed by atoms with Gasteiger partial charge in [-0.25, -0.2) is 4.79 Å². The number of nitrogens with two attached hydrogens (primary N) is 1. The van der Waals surface area contributed by atoms with Gasteiger partial charge in [-0.2, -0.15) is 0 Å². The fraction of sp³-hybridized carbons (Fsp3) is 0.467. The maximum atomic E-state index is 10.9. The number of amides is 2. The Morgan fingerprint density at radius 3 is 2.73 bits per heavy atom. The molecule has 0 atom stereocenters. The molecule has 2 rings (SSSR count). The van der Waals surface area contributed by atoms with Crippen LogP contribution in [0.1, 0.15) is 5.56 Å². The summed E-state index contributed by atoms with van der Waals surface area (Å²) in [4.78, 5) is 15.3. The Hall–Kier alpha value is -2.12. The van der Waals surface area contributed by atoms with Crippen LogP contribution in [-0.2, 0) is 4.74 Å². The summed E-state index contributed by atoms with van der Waals surface area (Å²) in [6, 6.07) is 6.60. The predicted octanol–water partition coefficient (Wildman–Crippen LogP) is 0.767. The molecule has 22 heavy (non-hydrogen) atoms. The quantitative estimate of drug-likeness (QED) is 0.553. The minimum Gasteiger partial charge on any atom is -0.383 e. The third-order valence-electron chi connectivity index (χ3n) is 3.70. The highest BCUT2D eigenvalue weighted by atomic mass is 16.5. The number of nitrogens with zero attached hydrogens (tertiary/aromatic N) is 2. The highest BCUT2D eigenvalue weighted by molar-refractivity contribution is 5.98. The molecule has 0 radical (unpaired) electrons. The van der Waals surface area contributed by atoms with Gasteiger partial charge in [-0.05, 0) is 12.1 Å². The first-order chi connectivity index (χ1) is 10.6. The number of ether oxygens (including phenoxy) is 1. The second kappa shape index (κ2) is 7.77. The van der Waals surface area contributed by atoms with Crippen molar-refractivity contribution in [3.05, 3.63) is 29.8 Å². The van der Waals surface area contributed by atoms with E-state index >= 15 is 0 Å². The van der Waals surface area contributed by atoms with Crippen LogP contribution in [0.4, 0.5) is 10.5 Å². The number of piperazine rings is 1. The van der Waals surface area contributed by atoms with Crippen LogP contribution in [0.5, 0.6) is 0 Å². The molecule has 7 nitrogen and oxygen atoms in total. The van der Waals surface area contributed by atoms with Crippen molar-refractivity contribution in [2.45, 2.75) is 0 Å². The highest BCUT2D eigenvalue weighted by Crippen LogP contribution is 2.14. The van der Waals surface area contributed by atoms with Crippen molar-refractivity contribution in [2.24, 2.45) is 5.73 Å². The minimum atomic E-state index is -0.601. The van der Waals surface area contributed by atoms with Crippen LogP contribution in [0.15, 0.2) is 24.3 Å². The monoisotopic (exact) mass is 305 g/mol. The molecule has 1 aliphatic heterocycles. The number of rotatable bonds is 5. The number of primary amides is 1. The van der Waals surface area contributed by atoms with Gasteiger partial charge in [0.25, 0.3) is 0 Å². The average Bonchev–Trinajstić information content (AvgIpc) is 2.52. The molecule has 2 amide bonds. The molecule has 0 saturated carbocycles. The maximum Gasteiger partial charge on any atom is 0.316 e. The molecular weight excluding hydrogens is 282 g/mol. The summed E-state index contributed by atoms with van der Waals surface area (Å²) in [5.74, 6) is 0.472. The minimum absolute atomic E-state index is 0.472. The average molecular weight is 305 g/mol. The van der Waals surface area contributed by atoms with E-state index in [4.69, 9.17) is 15.9 Å². The number of amidine groups is 1. The van der Waals surface area contributed by atoms with Crippen molar-refractivity contribution in [3.63, 3.8) is 0 Å². The Kier molecular flexibility index (Phi) is 5.74. The molecule has 4 N–H and O–H groups in total. The van der Waals surface area contributed by atoms with Gasteiger partial charge in [-0.3, -0.25) is 10.3 Å². The molecule has 1 aromatic rings. The van der Waals surface area contributed by atoms with E-state index in [-0.39, 0.29) is 0 Å². The zero-order chi connectivity index (χ0) is 15.9. The second-order valence-electron chi connectivity index (χ2n) is 5.24. The maximum absolute atomic E-state index is 10.9. The number of carbonyl (C=O) groups is 1. The lowest BCUT2D eigenvalue weighted by atomic mass is 10.1. The normalized spacial score (nSPS) is 15.6. The lowest BCUT2D eigenvalue weighted by molar-refractivity contribution is 0.120. The first-order valence-corrected chi connectivity index (χ1v) is 7.32. The molecule has 1 heterocycles. The number of carbonyl (C=O) groups excluding carboxylic acids is 1. The Balaban J connectivity index is 1.93. The molecule has 1 saturated heterocycles. The molecule has 0 aliphatic carbocycles. The number of urea groups is 1. The number of hydrogen-bond donors (Lipinski definition) is 3. The summed E-state index contributed by atoms with van der Waals surface area (Å²) in [6.07, 6.45) is 0. The van der Waals surface area contributed by atoms with E-state index in [1.165, 1.54) is 0 Å². The van der Waals surface area contributed by atoms with Crippen molar-refractivity contribution in [1.29, 1.82) is 5.41 Å². The Morgan fingerprint density at radius 1 is 1.36 bits per heavy atom. The third-order valence-corrected chi connectivity index (χ3v) is 3.70. The van der Waals surface area contributed by atoms with Crippen molar-refractivity contribution in [1.82, 2.24) is 9.80 Å². The smallest absolute Gasteiger partial charge is 0.316 e. The van der Waals surface area contributed by atoms with E-state index in [1.807, 2.05) is 17.0 Å². The molecule has 1 aliphatic rings. The van der Waals surface area contributed by atoms with Gasteiger partial charge in [0, 0.05) is 51.1 Å². The van der Waals surface area contributed by atoms with E-state index in [2.05, 4.69) is 10.2 Å². The molecule has 0 spiro atoms. The first kappa shape index (κ1) is 16.3. The standard InChI is InChI=1S/C15H23N5O2/c1-22-10-9-19-5-7-20(8-6-19)14(16)12-3-2-4-13(11-12)18-15(17)21/h2-4,11,16H,5-10H2,1H3,(H3,17,18,21). The summed E-state index contributed by atoms with van der Waals surface area (Å²) < 4.78 is 5.09. The Morgan fingerprint density at radius 2 is 2.09 bits per heavy atom. The summed E-state index contributed by atoms with van der Waals surface area (Å²) >= 11 is 0. The van der Waals surface area contributed by atoms with Gasteiger partial charge in [-0.15, -0.1) is 0 Å². The van der Waals surface area contributed by atoms with Crippen molar-refractivity contribution in [2.75, 3.05) is 51.8 Å². The number of benzene rings is 1. The van der Waals surface area contributed by atoms with Crippen LogP contribution < -0.4 is 11.1 Å². The summed E-state index contributed by atoms with van der Waals surface area (Å²) in [5, 5.41) is 10.9. The zero-order valence-corrected chi connectivity index (χ0v) is 12.8. The predicted molar refractivity (Wildman–Crippen MR) is 86.4 cm³/mol. The number of methoxy groups -OCH3 is 1. The van der Waals surface area contributed by atoms with Crippen LogP contribution >= 0.6 is 0 Å². The summed E-state index contributed by atoms with van der Waals surface area (Å²) in [5.41, 5.74) is 6.50. The third kappa shape index (κ3) is 4.44. The number of hydrogen-bond acceptors (Lipinski definition) is 4. The molecule has 1 aromatic carbocycles. The van der Waals surface area contributed by atoms with Gasteiger partial charge in [0.1, 0.15) is 5.84 Å². The lowest BCUT2D eigenvalue weighted by Crippen LogP contribution is -2.49. The lowest BCUT2D eigenvalue weighted by Gasteiger charge is -2.36. The fourth-order valence-electron chi connectivity index (χ4n) is 2.48. The van der Waals surface area contributed by atoms with E-state index in [0.717, 1.165) is 44.9 Å². The van der Waals surface area contributed by atoms with Gasteiger partial charge in [0.15, 0.2) is 0 Å². The van der Waals surface area contributed by atoms with E-state index in [1.54, 1.807) is 19.2 Å². The summed E-state index contributed by atoms with van der Waals surface area (Å²) in [6.45, 7) is 5.13. The Bertz CT molecular complexity index is 526. The molecule has 0 aromatic heterocycles. The van der Waals surface area contributed by atoms with Gasteiger partial charge in [-0.1, -0.05) is 12.1 Å². The van der Waals surface area contributed by atoms with E-state index in [9.17, 15) is 4.79 Å². The number of nitrogens with one attached hydrogen (secondary N) is 2. The van der Waals surface area contributed by atoms with Crippen molar-refractivity contribution >= 4 is 17.6 Å². The fourth-order valence-corrected chi connectivity index (χ4v) is 2.48. The molecule has 7 heteroatoms. The molecule has 0 unspecified atom stereocenters. The van der Waals surface area contributed by atoms with Gasteiger partial charge < -0.3 is 20.7 Å². The van der Waals surface area contributed by atoms with E-state index in [0.29, 0.717) is 11.5 Å². The zero-order valence-electron chi connectivity index (χ0n) is 12.8.